The van der Waals surface area contributed by atoms with Crippen molar-refractivity contribution in [2.45, 2.75) is 63.7 Å². The van der Waals surface area contributed by atoms with Crippen LogP contribution in [0.1, 0.15) is 45.4 Å². The SMILES string of the molecule is CCO[SiH2]CCCN(CC1CCCC(CN(CCCO)CC2CO2)C1)CC1CO1. The third-order valence-electron chi connectivity index (χ3n) is 6.50. The van der Waals surface area contributed by atoms with Crippen molar-refractivity contribution in [1.29, 1.82) is 0 Å². The van der Waals surface area contributed by atoms with E-state index in [0.717, 1.165) is 57.7 Å². The quantitative estimate of drug-likeness (QED) is 0.215. The molecule has 1 N–H and O–H groups in total. The molecule has 4 atom stereocenters. The molecule has 2 aliphatic heterocycles. The first-order valence-electron chi connectivity index (χ1n) is 12.1. The summed E-state index contributed by atoms with van der Waals surface area (Å²) in [4.78, 5) is 5.24. The highest BCUT2D eigenvalue weighted by atomic mass is 28.2. The van der Waals surface area contributed by atoms with Crippen molar-refractivity contribution in [3.63, 3.8) is 0 Å². The van der Waals surface area contributed by atoms with Crippen LogP contribution in [0.5, 0.6) is 0 Å². The highest BCUT2D eigenvalue weighted by Gasteiger charge is 2.31. The maximum Gasteiger partial charge on any atom is 0.161 e. The number of aliphatic hydroxyl groups excluding tert-OH is 1. The molecule has 0 radical (unpaired) electrons. The lowest BCUT2D eigenvalue weighted by Gasteiger charge is -2.35. The Labute approximate surface area is 180 Å². The van der Waals surface area contributed by atoms with Gasteiger partial charge in [0, 0.05) is 45.9 Å². The molecule has 2 saturated heterocycles. The Hall–Kier alpha value is -0.0231. The van der Waals surface area contributed by atoms with E-state index in [4.69, 9.17) is 13.9 Å². The molecule has 6 nitrogen and oxygen atoms in total. The van der Waals surface area contributed by atoms with Crippen molar-refractivity contribution in [2.75, 3.05) is 65.7 Å². The van der Waals surface area contributed by atoms with Gasteiger partial charge in [-0.05, 0) is 63.5 Å². The van der Waals surface area contributed by atoms with Gasteiger partial charge in [0.05, 0.1) is 25.4 Å². The lowest BCUT2D eigenvalue weighted by Crippen LogP contribution is -2.39. The van der Waals surface area contributed by atoms with Crippen LogP contribution in [0.2, 0.25) is 6.04 Å². The summed E-state index contributed by atoms with van der Waals surface area (Å²) in [7, 11) is -0.298. The molecule has 4 unspecified atom stereocenters. The molecule has 2 heterocycles. The van der Waals surface area contributed by atoms with Gasteiger partial charge in [-0.2, -0.15) is 0 Å². The fraction of sp³-hybridized carbons (Fsp3) is 1.00. The minimum Gasteiger partial charge on any atom is -0.424 e. The van der Waals surface area contributed by atoms with Crippen LogP contribution in [0.15, 0.2) is 0 Å². The second-order valence-electron chi connectivity index (χ2n) is 9.31. The predicted octanol–water partition coefficient (Wildman–Crippen LogP) is 1.51. The smallest absolute Gasteiger partial charge is 0.161 e. The Morgan fingerprint density at radius 2 is 1.52 bits per heavy atom. The number of hydrogen-bond donors (Lipinski definition) is 1. The second-order valence-corrected chi connectivity index (χ2v) is 10.8. The molecule has 7 heteroatoms. The molecule has 0 spiro atoms. The fourth-order valence-corrected chi connectivity index (χ4v) is 5.80. The van der Waals surface area contributed by atoms with Gasteiger partial charge >= 0.3 is 0 Å². The zero-order valence-electron chi connectivity index (χ0n) is 18.6. The van der Waals surface area contributed by atoms with Gasteiger partial charge in [0.1, 0.15) is 0 Å². The molecule has 0 aromatic heterocycles. The summed E-state index contributed by atoms with van der Waals surface area (Å²) < 4.78 is 16.6. The summed E-state index contributed by atoms with van der Waals surface area (Å²) in [6.45, 7) is 12.0. The van der Waals surface area contributed by atoms with Gasteiger partial charge in [0.25, 0.3) is 0 Å². The topological polar surface area (TPSA) is 61.0 Å². The van der Waals surface area contributed by atoms with Gasteiger partial charge in [-0.25, -0.2) is 0 Å². The summed E-state index contributed by atoms with van der Waals surface area (Å²) in [5.41, 5.74) is 0. The van der Waals surface area contributed by atoms with Crippen LogP contribution >= 0.6 is 0 Å². The van der Waals surface area contributed by atoms with Gasteiger partial charge in [-0.3, -0.25) is 0 Å². The van der Waals surface area contributed by atoms with Gasteiger partial charge in [0.2, 0.25) is 0 Å². The number of rotatable bonds is 17. The van der Waals surface area contributed by atoms with E-state index in [0.29, 0.717) is 18.8 Å². The van der Waals surface area contributed by atoms with Gasteiger partial charge in [0.15, 0.2) is 9.76 Å². The maximum absolute atomic E-state index is 9.23. The molecule has 3 aliphatic rings. The molecule has 170 valence electrons. The average Bonchev–Trinajstić information content (AvgIpc) is 3.63. The van der Waals surface area contributed by atoms with Crippen LogP contribution in [0.4, 0.5) is 0 Å². The van der Waals surface area contributed by atoms with E-state index in [1.807, 2.05) is 0 Å². The fourth-order valence-electron chi connectivity index (χ4n) is 4.88. The van der Waals surface area contributed by atoms with E-state index in [1.54, 1.807) is 0 Å². The lowest BCUT2D eigenvalue weighted by molar-refractivity contribution is 0.128. The van der Waals surface area contributed by atoms with Crippen molar-refractivity contribution in [3.8, 4) is 0 Å². The normalized spacial score (nSPS) is 29.4. The maximum atomic E-state index is 9.23. The van der Waals surface area contributed by atoms with E-state index in [1.165, 1.54) is 57.8 Å². The summed E-state index contributed by atoms with van der Waals surface area (Å²) in [5.74, 6) is 1.63. The molecular formula is C22H44N2O4Si. The molecule has 3 fully saturated rings. The third kappa shape index (κ3) is 10.2. The van der Waals surface area contributed by atoms with Gasteiger partial charge in [-0.1, -0.05) is 6.42 Å². The van der Waals surface area contributed by atoms with Crippen LogP contribution in [-0.4, -0.2) is 103 Å². The average molecular weight is 429 g/mol. The van der Waals surface area contributed by atoms with Crippen molar-refractivity contribution in [3.05, 3.63) is 0 Å². The first kappa shape index (κ1) is 23.6. The lowest BCUT2D eigenvalue weighted by atomic mass is 9.80. The van der Waals surface area contributed by atoms with E-state index in [-0.39, 0.29) is 9.76 Å². The molecule has 0 bridgehead atoms. The number of nitrogens with zero attached hydrogens (tertiary/aromatic N) is 2. The molecule has 3 rings (SSSR count). The van der Waals surface area contributed by atoms with Crippen molar-refractivity contribution < 1.29 is 19.0 Å². The number of hydrogen-bond acceptors (Lipinski definition) is 6. The Kier molecular flexibility index (Phi) is 10.9. The first-order chi connectivity index (χ1) is 14.3. The first-order valence-corrected chi connectivity index (χ1v) is 13.7. The predicted molar refractivity (Wildman–Crippen MR) is 119 cm³/mol. The summed E-state index contributed by atoms with van der Waals surface area (Å²) in [6, 6.07) is 1.30. The Balaban J connectivity index is 1.40. The molecule has 1 aliphatic carbocycles. The number of aliphatic hydroxyl groups is 1. The van der Waals surface area contributed by atoms with E-state index in [2.05, 4.69) is 16.7 Å². The molecule has 0 aromatic rings. The van der Waals surface area contributed by atoms with E-state index >= 15 is 0 Å². The largest absolute Gasteiger partial charge is 0.424 e. The highest BCUT2D eigenvalue weighted by molar-refractivity contribution is 6.26. The zero-order chi connectivity index (χ0) is 20.3. The van der Waals surface area contributed by atoms with Crippen LogP contribution in [-0.2, 0) is 13.9 Å². The van der Waals surface area contributed by atoms with Gasteiger partial charge < -0.3 is 28.8 Å². The molecule has 1 saturated carbocycles. The van der Waals surface area contributed by atoms with Crippen LogP contribution in [0.3, 0.4) is 0 Å². The number of epoxide rings is 2. The Morgan fingerprint density at radius 3 is 2.03 bits per heavy atom. The molecular weight excluding hydrogens is 384 g/mol. The van der Waals surface area contributed by atoms with Crippen molar-refractivity contribution in [2.24, 2.45) is 11.8 Å². The van der Waals surface area contributed by atoms with Crippen LogP contribution in [0, 0.1) is 11.8 Å². The van der Waals surface area contributed by atoms with Crippen LogP contribution < -0.4 is 0 Å². The summed E-state index contributed by atoms with van der Waals surface area (Å²) >= 11 is 0. The minimum atomic E-state index is -0.298. The van der Waals surface area contributed by atoms with Crippen LogP contribution in [0.25, 0.3) is 0 Å². The molecule has 0 amide bonds. The third-order valence-corrected chi connectivity index (χ3v) is 7.99. The molecule has 29 heavy (non-hydrogen) atoms. The number of ether oxygens (including phenoxy) is 2. The highest BCUT2D eigenvalue weighted by Crippen LogP contribution is 2.31. The Bertz CT molecular complexity index is 437. The summed E-state index contributed by atoms with van der Waals surface area (Å²) in [5, 5.41) is 9.23. The Morgan fingerprint density at radius 1 is 0.931 bits per heavy atom. The van der Waals surface area contributed by atoms with E-state index < -0.39 is 0 Å². The monoisotopic (exact) mass is 428 g/mol. The summed E-state index contributed by atoms with van der Waals surface area (Å²) in [6.07, 6.45) is 8.57. The molecule has 0 aromatic carbocycles. The minimum absolute atomic E-state index is 0.291. The van der Waals surface area contributed by atoms with Gasteiger partial charge in [-0.15, -0.1) is 0 Å². The zero-order valence-corrected chi connectivity index (χ0v) is 20.0. The second kappa shape index (κ2) is 13.4. The van der Waals surface area contributed by atoms with E-state index in [9.17, 15) is 5.11 Å². The standard InChI is InChI=1S/C22H44N2O4Si/c1-2-28-29-11-5-9-24(16-22-18-27-22)14-20-7-3-6-19(12-20)13-23(8-4-10-25)15-21-17-26-21/h19-22,25H,2-18,29H2,1H3. The van der Waals surface area contributed by atoms with Crippen molar-refractivity contribution >= 4 is 9.76 Å². The van der Waals surface area contributed by atoms with Crippen molar-refractivity contribution in [1.82, 2.24) is 9.80 Å².